The maximum Gasteiger partial charge on any atom is 0.237 e. The first-order chi connectivity index (χ1) is 14.2. The van der Waals surface area contributed by atoms with E-state index >= 15 is 0 Å². The van der Waals surface area contributed by atoms with Gasteiger partial charge in [0, 0.05) is 47.5 Å². The zero-order valence-corrected chi connectivity index (χ0v) is 15.8. The second-order valence-electron chi connectivity index (χ2n) is 7.28. The number of aromatic nitrogens is 4. The summed E-state index contributed by atoms with van der Waals surface area (Å²) in [7, 11) is 0. The van der Waals surface area contributed by atoms with Crippen molar-refractivity contribution in [2.45, 2.75) is 12.5 Å². The molecule has 0 spiro atoms. The maximum atomic E-state index is 12.7. The minimum absolute atomic E-state index is 0.102. The molecule has 1 unspecified atom stereocenters. The molecule has 1 amide bonds. The zero-order valence-electron chi connectivity index (χ0n) is 15.8. The molecule has 1 aliphatic heterocycles. The topological polar surface area (TPSA) is 113 Å². The van der Waals surface area contributed by atoms with Gasteiger partial charge in [0.1, 0.15) is 12.1 Å². The Morgan fingerprint density at radius 2 is 2.14 bits per heavy atom. The number of rotatable bonds is 4. The third-order valence-corrected chi connectivity index (χ3v) is 5.46. The molecule has 0 bridgehead atoms. The number of carbonyl (C=O) groups excluding carboxylic acids is 1. The van der Waals surface area contributed by atoms with Gasteiger partial charge in [0.15, 0.2) is 0 Å². The van der Waals surface area contributed by atoms with Gasteiger partial charge in [-0.25, -0.2) is 9.97 Å². The lowest BCUT2D eigenvalue weighted by molar-refractivity contribution is -0.134. The summed E-state index contributed by atoms with van der Waals surface area (Å²) in [5.41, 5.74) is 9.87. The molecule has 4 aromatic rings. The summed E-state index contributed by atoms with van der Waals surface area (Å²) in [6.07, 6.45) is 5.75. The van der Waals surface area contributed by atoms with Crippen molar-refractivity contribution in [3.05, 3.63) is 60.3 Å². The van der Waals surface area contributed by atoms with Gasteiger partial charge in [0.25, 0.3) is 0 Å². The second-order valence-corrected chi connectivity index (χ2v) is 7.28. The molecule has 0 aliphatic carbocycles. The van der Waals surface area contributed by atoms with Crippen molar-refractivity contribution in [3.63, 3.8) is 0 Å². The van der Waals surface area contributed by atoms with Gasteiger partial charge in [-0.05, 0) is 36.2 Å². The zero-order chi connectivity index (χ0) is 19.8. The number of carbonyl (C=O) groups is 1. The fourth-order valence-electron chi connectivity index (χ4n) is 3.99. The van der Waals surface area contributed by atoms with Crippen molar-refractivity contribution in [3.8, 4) is 0 Å². The van der Waals surface area contributed by atoms with Crippen LogP contribution >= 0.6 is 0 Å². The first-order valence-electron chi connectivity index (χ1n) is 9.61. The predicted octanol–water partition coefficient (Wildman–Crippen LogP) is 1.80. The number of fused-ring (bicyclic) bond motifs is 2. The Morgan fingerprint density at radius 3 is 3.00 bits per heavy atom. The monoisotopic (exact) mass is 387 g/mol. The Morgan fingerprint density at radius 1 is 1.21 bits per heavy atom. The summed E-state index contributed by atoms with van der Waals surface area (Å²) in [5.74, 6) is 0.573. The fraction of sp³-hybridized carbons (Fsp3) is 0.238. The van der Waals surface area contributed by atoms with Gasteiger partial charge in [-0.15, -0.1) is 0 Å². The van der Waals surface area contributed by atoms with Gasteiger partial charge in [0.2, 0.25) is 5.91 Å². The van der Waals surface area contributed by atoms with Gasteiger partial charge in [-0.1, -0.05) is 6.07 Å². The molecule has 1 atom stereocenters. The van der Waals surface area contributed by atoms with E-state index in [1.807, 2.05) is 35.4 Å². The van der Waals surface area contributed by atoms with Crippen LogP contribution in [0.2, 0.25) is 0 Å². The van der Waals surface area contributed by atoms with Crippen LogP contribution in [-0.2, 0) is 11.2 Å². The third kappa shape index (κ3) is 3.27. The largest absolute Gasteiger partial charge is 0.383 e. The molecule has 8 nitrogen and oxygen atoms in total. The van der Waals surface area contributed by atoms with E-state index < -0.39 is 0 Å². The highest BCUT2D eigenvalue weighted by atomic mass is 16.2. The number of nitrogen functional groups attached to an aromatic ring is 1. The standard InChI is InChI=1S/C21H21N7O/c22-21-15-2-1-13(7-17(15)25-12-26-21)8-19(28-6-5-24-11-20(28)29)18-9-14-10-23-4-3-16(14)27-18/h1-4,7,9-10,12,19,24,27H,5-6,8,11H2,(H2,22,25,26). The molecule has 1 fully saturated rings. The summed E-state index contributed by atoms with van der Waals surface area (Å²) in [6, 6.07) is 9.94. The summed E-state index contributed by atoms with van der Waals surface area (Å²) >= 11 is 0. The van der Waals surface area contributed by atoms with Gasteiger partial charge in [-0.3, -0.25) is 9.78 Å². The second kappa shape index (κ2) is 7.14. The fourth-order valence-corrected chi connectivity index (χ4v) is 3.99. The van der Waals surface area contributed by atoms with E-state index in [2.05, 4.69) is 31.3 Å². The van der Waals surface area contributed by atoms with Crippen molar-refractivity contribution in [2.24, 2.45) is 0 Å². The molecule has 29 heavy (non-hydrogen) atoms. The molecule has 1 saturated heterocycles. The number of amides is 1. The number of anilines is 1. The van der Waals surface area contributed by atoms with Crippen molar-refractivity contribution in [1.29, 1.82) is 0 Å². The Labute approximate surface area is 167 Å². The van der Waals surface area contributed by atoms with E-state index in [1.54, 1.807) is 6.20 Å². The molecule has 4 N–H and O–H groups in total. The molecule has 0 saturated carbocycles. The van der Waals surface area contributed by atoms with Crippen LogP contribution in [0.4, 0.5) is 5.82 Å². The number of nitrogens with zero attached hydrogens (tertiary/aromatic N) is 4. The highest BCUT2D eigenvalue weighted by Gasteiger charge is 2.28. The number of pyridine rings is 1. The average molecular weight is 387 g/mol. The lowest BCUT2D eigenvalue weighted by Gasteiger charge is -2.34. The van der Waals surface area contributed by atoms with E-state index in [4.69, 9.17) is 5.73 Å². The number of aromatic amines is 1. The lowest BCUT2D eigenvalue weighted by atomic mass is 9.99. The Bertz CT molecular complexity index is 1170. The first-order valence-corrected chi connectivity index (χ1v) is 9.61. The quantitative estimate of drug-likeness (QED) is 0.492. The molecule has 0 radical (unpaired) electrons. The first kappa shape index (κ1) is 17.6. The lowest BCUT2D eigenvalue weighted by Crippen LogP contribution is -2.50. The summed E-state index contributed by atoms with van der Waals surface area (Å²) in [5, 5.41) is 5.02. The van der Waals surface area contributed by atoms with Crippen LogP contribution in [0.3, 0.4) is 0 Å². The number of hydrogen-bond acceptors (Lipinski definition) is 6. The van der Waals surface area contributed by atoms with Crippen LogP contribution in [0, 0.1) is 0 Å². The van der Waals surface area contributed by atoms with Crippen LogP contribution in [-0.4, -0.2) is 50.4 Å². The number of H-pyrrole nitrogens is 1. The minimum atomic E-state index is -0.103. The predicted molar refractivity (Wildman–Crippen MR) is 111 cm³/mol. The number of hydrogen-bond donors (Lipinski definition) is 3. The van der Waals surface area contributed by atoms with Gasteiger partial charge < -0.3 is 20.9 Å². The van der Waals surface area contributed by atoms with Crippen LogP contribution < -0.4 is 11.1 Å². The number of nitrogens with one attached hydrogen (secondary N) is 2. The SMILES string of the molecule is Nc1ncnc2cc(CC(c3cc4cnccc4[nH]3)N3CCNCC3=O)ccc12. The van der Waals surface area contributed by atoms with Crippen molar-refractivity contribution < 1.29 is 4.79 Å². The molecular formula is C21H21N7O. The number of benzene rings is 1. The smallest absolute Gasteiger partial charge is 0.237 e. The van der Waals surface area contributed by atoms with E-state index in [1.165, 1.54) is 6.33 Å². The van der Waals surface area contributed by atoms with Crippen LogP contribution in [0.1, 0.15) is 17.3 Å². The minimum Gasteiger partial charge on any atom is -0.383 e. The van der Waals surface area contributed by atoms with Crippen molar-refractivity contribution >= 4 is 33.5 Å². The molecular weight excluding hydrogens is 366 g/mol. The Balaban J connectivity index is 1.55. The van der Waals surface area contributed by atoms with Crippen LogP contribution in [0.5, 0.6) is 0 Å². The highest BCUT2D eigenvalue weighted by Crippen LogP contribution is 2.29. The Hall–Kier alpha value is -3.52. The molecule has 146 valence electrons. The van der Waals surface area contributed by atoms with Crippen LogP contribution in [0.25, 0.3) is 21.8 Å². The molecule has 5 rings (SSSR count). The normalized spacial score (nSPS) is 15.9. The van der Waals surface area contributed by atoms with Gasteiger partial charge in [0.05, 0.1) is 18.1 Å². The average Bonchev–Trinajstić information content (AvgIpc) is 3.17. The van der Waals surface area contributed by atoms with Gasteiger partial charge >= 0.3 is 0 Å². The summed E-state index contributed by atoms with van der Waals surface area (Å²) < 4.78 is 0. The third-order valence-electron chi connectivity index (χ3n) is 5.46. The van der Waals surface area contributed by atoms with E-state index in [0.29, 0.717) is 25.3 Å². The molecule has 1 aromatic carbocycles. The summed E-state index contributed by atoms with van der Waals surface area (Å²) in [4.78, 5) is 30.7. The molecule has 4 heterocycles. The van der Waals surface area contributed by atoms with E-state index in [-0.39, 0.29) is 11.9 Å². The highest BCUT2D eigenvalue weighted by molar-refractivity contribution is 5.88. The molecule has 1 aliphatic rings. The molecule has 8 heteroatoms. The number of nitrogens with two attached hydrogens (primary N) is 1. The van der Waals surface area contributed by atoms with E-state index in [9.17, 15) is 4.79 Å². The maximum absolute atomic E-state index is 12.7. The summed E-state index contributed by atoms with van der Waals surface area (Å²) in [6.45, 7) is 1.81. The van der Waals surface area contributed by atoms with Gasteiger partial charge in [-0.2, -0.15) is 0 Å². The van der Waals surface area contributed by atoms with Crippen LogP contribution in [0.15, 0.2) is 49.1 Å². The van der Waals surface area contributed by atoms with Crippen molar-refractivity contribution in [2.75, 3.05) is 25.4 Å². The molecule has 3 aromatic heterocycles. The van der Waals surface area contributed by atoms with Crippen molar-refractivity contribution in [1.82, 2.24) is 30.2 Å². The number of piperazine rings is 1. The Kier molecular flexibility index (Phi) is 4.33. The van der Waals surface area contributed by atoms with E-state index in [0.717, 1.165) is 39.6 Å².